The van der Waals surface area contributed by atoms with E-state index in [1.54, 1.807) is 6.07 Å². The molecule has 1 saturated heterocycles. The second-order valence-corrected chi connectivity index (χ2v) is 4.55. The number of anilines is 1. The molecule has 0 bridgehead atoms. The molecule has 0 saturated carbocycles. The van der Waals surface area contributed by atoms with Gasteiger partial charge in [0.15, 0.2) is 0 Å². The molecule has 1 fully saturated rings. The third-order valence-electron chi connectivity index (χ3n) is 3.31. The van der Waals surface area contributed by atoms with E-state index in [2.05, 4.69) is 21.6 Å². The quantitative estimate of drug-likeness (QED) is 0.824. The fourth-order valence-corrected chi connectivity index (χ4v) is 2.35. The van der Waals surface area contributed by atoms with Gasteiger partial charge >= 0.3 is 0 Å². The predicted octanol–water partition coefficient (Wildman–Crippen LogP) is 0.473. The number of benzene rings is 1. The average molecular weight is 258 g/mol. The van der Waals surface area contributed by atoms with Gasteiger partial charge in [0.2, 0.25) is 5.91 Å². The van der Waals surface area contributed by atoms with Gasteiger partial charge in [-0.15, -0.1) is 0 Å². The lowest BCUT2D eigenvalue weighted by Gasteiger charge is -2.37. The van der Waals surface area contributed by atoms with Crippen molar-refractivity contribution in [3.05, 3.63) is 29.8 Å². The van der Waals surface area contributed by atoms with Gasteiger partial charge in [0.05, 0.1) is 11.6 Å². The van der Waals surface area contributed by atoms with E-state index < -0.39 is 0 Å². The van der Waals surface area contributed by atoms with E-state index in [0.29, 0.717) is 12.1 Å². The number of carbonyl (C=O) groups is 1. The van der Waals surface area contributed by atoms with Gasteiger partial charge in [-0.25, -0.2) is 0 Å². The molecule has 1 unspecified atom stereocenters. The Bertz CT molecular complexity index is 494. The number of nitriles is 1. The summed E-state index contributed by atoms with van der Waals surface area (Å²) in [5, 5.41) is 14.9. The second kappa shape index (κ2) is 6.21. The van der Waals surface area contributed by atoms with Crippen LogP contribution in [-0.2, 0) is 4.79 Å². The van der Waals surface area contributed by atoms with Gasteiger partial charge in [0.1, 0.15) is 6.04 Å². The highest BCUT2D eigenvalue weighted by Gasteiger charge is 2.29. The Balaban J connectivity index is 2.23. The first-order chi connectivity index (χ1) is 9.26. The summed E-state index contributed by atoms with van der Waals surface area (Å²) in [6.07, 6.45) is 0.749. The van der Waals surface area contributed by atoms with Gasteiger partial charge < -0.3 is 15.5 Å². The van der Waals surface area contributed by atoms with E-state index in [-0.39, 0.29) is 11.9 Å². The number of amides is 1. The predicted molar refractivity (Wildman–Crippen MR) is 73.8 cm³/mol. The molecule has 0 aliphatic carbocycles. The Labute approximate surface area is 113 Å². The largest absolute Gasteiger partial charge is 0.358 e. The lowest BCUT2D eigenvalue weighted by atomic mass is 10.1. The monoisotopic (exact) mass is 258 g/mol. The zero-order chi connectivity index (χ0) is 13.7. The Hall–Kier alpha value is -2.06. The standard InChI is InChI=1S/C14H18N4O/c1-16-6-5-13-14(19)17-7-8-18(13)12-4-2-3-11(9-12)10-15/h2-4,9,13,16H,5-8H2,1H3,(H,17,19). The summed E-state index contributed by atoms with van der Waals surface area (Å²) >= 11 is 0. The van der Waals surface area contributed by atoms with Gasteiger partial charge in [-0.1, -0.05) is 6.07 Å². The molecule has 1 amide bonds. The Morgan fingerprint density at radius 3 is 3.16 bits per heavy atom. The SMILES string of the molecule is CNCCC1C(=O)NCCN1c1cccc(C#N)c1. The lowest BCUT2D eigenvalue weighted by molar-refractivity contribution is -0.123. The molecular weight excluding hydrogens is 240 g/mol. The van der Waals surface area contributed by atoms with Crippen LogP contribution in [0.2, 0.25) is 0 Å². The minimum Gasteiger partial charge on any atom is -0.358 e. The summed E-state index contributed by atoms with van der Waals surface area (Å²) in [6.45, 7) is 2.20. The minimum absolute atomic E-state index is 0.0591. The van der Waals surface area contributed by atoms with E-state index in [0.717, 1.165) is 25.2 Å². The van der Waals surface area contributed by atoms with Gasteiger partial charge in [-0.2, -0.15) is 5.26 Å². The van der Waals surface area contributed by atoms with Crippen molar-refractivity contribution in [2.45, 2.75) is 12.5 Å². The summed E-state index contributed by atoms with van der Waals surface area (Å²) in [6, 6.07) is 9.38. The van der Waals surface area contributed by atoms with Gasteiger partial charge in [0, 0.05) is 18.8 Å². The number of nitrogens with zero attached hydrogens (tertiary/aromatic N) is 2. The average Bonchev–Trinajstić information content (AvgIpc) is 2.46. The Morgan fingerprint density at radius 2 is 2.42 bits per heavy atom. The maximum absolute atomic E-state index is 12.0. The van der Waals surface area contributed by atoms with Crippen molar-refractivity contribution in [3.8, 4) is 6.07 Å². The number of hydrogen-bond acceptors (Lipinski definition) is 4. The zero-order valence-corrected chi connectivity index (χ0v) is 11.0. The topological polar surface area (TPSA) is 68.2 Å². The van der Waals surface area contributed by atoms with Crippen LogP contribution in [0.4, 0.5) is 5.69 Å². The van der Waals surface area contributed by atoms with Crippen LogP contribution in [0.15, 0.2) is 24.3 Å². The van der Waals surface area contributed by atoms with Crippen molar-refractivity contribution in [2.75, 3.05) is 31.6 Å². The number of piperazine rings is 1. The molecule has 1 aliphatic heterocycles. The summed E-state index contributed by atoms with van der Waals surface area (Å²) < 4.78 is 0. The summed E-state index contributed by atoms with van der Waals surface area (Å²) in [5.74, 6) is 0.0591. The van der Waals surface area contributed by atoms with Crippen LogP contribution < -0.4 is 15.5 Å². The maximum atomic E-state index is 12.0. The van der Waals surface area contributed by atoms with Crippen molar-refractivity contribution >= 4 is 11.6 Å². The highest BCUT2D eigenvalue weighted by atomic mass is 16.2. The summed E-state index contributed by atoms with van der Waals surface area (Å²) in [4.78, 5) is 14.1. The van der Waals surface area contributed by atoms with Gasteiger partial charge in [0.25, 0.3) is 0 Å². The molecule has 1 aromatic carbocycles. The molecular formula is C14H18N4O. The fourth-order valence-electron chi connectivity index (χ4n) is 2.35. The van der Waals surface area contributed by atoms with E-state index in [9.17, 15) is 4.79 Å². The maximum Gasteiger partial charge on any atom is 0.242 e. The smallest absolute Gasteiger partial charge is 0.242 e. The molecule has 2 N–H and O–H groups in total. The molecule has 0 aromatic heterocycles. The molecule has 1 aliphatic rings. The number of carbonyl (C=O) groups excluding carboxylic acids is 1. The van der Waals surface area contributed by atoms with E-state index in [1.165, 1.54) is 0 Å². The van der Waals surface area contributed by atoms with E-state index in [4.69, 9.17) is 5.26 Å². The number of nitrogens with one attached hydrogen (secondary N) is 2. The van der Waals surface area contributed by atoms with Crippen LogP contribution in [0.3, 0.4) is 0 Å². The number of hydrogen-bond donors (Lipinski definition) is 2. The first-order valence-corrected chi connectivity index (χ1v) is 6.45. The highest BCUT2D eigenvalue weighted by Crippen LogP contribution is 2.21. The van der Waals surface area contributed by atoms with Crippen LogP contribution in [0, 0.1) is 11.3 Å². The molecule has 1 heterocycles. The van der Waals surface area contributed by atoms with Crippen molar-refractivity contribution in [3.63, 3.8) is 0 Å². The molecule has 5 nitrogen and oxygen atoms in total. The van der Waals surface area contributed by atoms with Gasteiger partial charge in [-0.3, -0.25) is 4.79 Å². The van der Waals surface area contributed by atoms with Crippen LogP contribution in [0.25, 0.3) is 0 Å². The minimum atomic E-state index is -0.171. The van der Waals surface area contributed by atoms with Crippen LogP contribution in [-0.4, -0.2) is 38.6 Å². The molecule has 1 aromatic rings. The molecule has 19 heavy (non-hydrogen) atoms. The Kier molecular flexibility index (Phi) is 4.37. The summed E-state index contributed by atoms with van der Waals surface area (Å²) in [5.41, 5.74) is 1.56. The normalized spacial score (nSPS) is 18.8. The molecule has 1 atom stereocenters. The first kappa shape index (κ1) is 13.4. The van der Waals surface area contributed by atoms with Gasteiger partial charge in [-0.05, 0) is 38.2 Å². The molecule has 100 valence electrons. The second-order valence-electron chi connectivity index (χ2n) is 4.55. The van der Waals surface area contributed by atoms with Crippen LogP contribution >= 0.6 is 0 Å². The van der Waals surface area contributed by atoms with E-state index >= 15 is 0 Å². The van der Waals surface area contributed by atoms with Crippen molar-refractivity contribution < 1.29 is 4.79 Å². The van der Waals surface area contributed by atoms with E-state index in [1.807, 2.05) is 25.2 Å². The van der Waals surface area contributed by atoms with Crippen LogP contribution in [0.1, 0.15) is 12.0 Å². The van der Waals surface area contributed by atoms with Crippen molar-refractivity contribution in [1.82, 2.24) is 10.6 Å². The number of rotatable bonds is 4. The Morgan fingerprint density at radius 1 is 1.58 bits per heavy atom. The third-order valence-corrected chi connectivity index (χ3v) is 3.31. The molecule has 0 spiro atoms. The first-order valence-electron chi connectivity index (χ1n) is 6.45. The molecule has 2 rings (SSSR count). The fraction of sp³-hybridized carbons (Fsp3) is 0.429. The summed E-state index contributed by atoms with van der Waals surface area (Å²) in [7, 11) is 1.88. The van der Waals surface area contributed by atoms with Crippen molar-refractivity contribution in [2.24, 2.45) is 0 Å². The van der Waals surface area contributed by atoms with Crippen molar-refractivity contribution in [1.29, 1.82) is 5.26 Å². The highest BCUT2D eigenvalue weighted by molar-refractivity contribution is 5.86. The molecule has 0 radical (unpaired) electrons. The third kappa shape index (κ3) is 3.04. The van der Waals surface area contributed by atoms with Crippen LogP contribution in [0.5, 0.6) is 0 Å². The lowest BCUT2D eigenvalue weighted by Crippen LogP contribution is -2.56. The zero-order valence-electron chi connectivity index (χ0n) is 11.0. The molecule has 5 heteroatoms.